The molecule has 15 heavy (non-hydrogen) atoms. The molecule has 2 nitrogen and oxygen atoms in total. The fourth-order valence-corrected chi connectivity index (χ4v) is 2.11. The lowest BCUT2D eigenvalue weighted by Crippen LogP contribution is -2.53. The second kappa shape index (κ2) is 3.86. The summed E-state index contributed by atoms with van der Waals surface area (Å²) in [5.74, 6) is 0. The Balaban J connectivity index is 2.33. The monoisotopic (exact) mass is 204 g/mol. The molecule has 0 saturated carbocycles. The molecule has 1 aromatic rings. The molecule has 0 bridgehead atoms. The number of hydrogen-bond donors (Lipinski definition) is 0. The van der Waals surface area contributed by atoms with Crippen molar-refractivity contribution in [1.82, 2.24) is 0 Å². The van der Waals surface area contributed by atoms with Crippen molar-refractivity contribution in [2.75, 3.05) is 24.7 Å². The molecule has 2 heteroatoms. The highest BCUT2D eigenvalue weighted by Gasteiger charge is 2.31. The summed E-state index contributed by atoms with van der Waals surface area (Å²) in [5, 5.41) is 0. The van der Waals surface area contributed by atoms with Gasteiger partial charge in [-0.2, -0.15) is 0 Å². The van der Waals surface area contributed by atoms with Gasteiger partial charge in [0.1, 0.15) is 0 Å². The topological polar surface area (TPSA) is 12.5 Å². The van der Waals surface area contributed by atoms with Crippen LogP contribution in [-0.4, -0.2) is 25.3 Å². The Morgan fingerprint density at radius 2 is 2.27 bits per heavy atom. The number of ether oxygens (including phenoxy) is 1. The zero-order valence-electron chi connectivity index (χ0n) is 9.71. The third-order valence-corrected chi connectivity index (χ3v) is 2.97. The SMILES string of the molecule is Cc1[c]cccc1N1CCOCC1(C)C. The molecule has 1 heterocycles. The molecule has 1 saturated heterocycles. The van der Waals surface area contributed by atoms with E-state index in [1.165, 1.54) is 11.3 Å². The fourth-order valence-electron chi connectivity index (χ4n) is 2.11. The highest BCUT2D eigenvalue weighted by Crippen LogP contribution is 2.28. The van der Waals surface area contributed by atoms with Crippen molar-refractivity contribution in [3.8, 4) is 0 Å². The second-order valence-electron chi connectivity index (χ2n) is 4.70. The smallest absolute Gasteiger partial charge is 0.0694 e. The quantitative estimate of drug-likeness (QED) is 0.696. The number of anilines is 1. The number of hydrogen-bond acceptors (Lipinski definition) is 2. The van der Waals surface area contributed by atoms with Crippen LogP contribution in [0.3, 0.4) is 0 Å². The maximum Gasteiger partial charge on any atom is 0.0694 e. The van der Waals surface area contributed by atoms with E-state index in [-0.39, 0.29) is 5.54 Å². The largest absolute Gasteiger partial charge is 0.377 e. The van der Waals surface area contributed by atoms with Crippen molar-refractivity contribution in [2.24, 2.45) is 0 Å². The van der Waals surface area contributed by atoms with Crippen LogP contribution >= 0.6 is 0 Å². The Labute approximate surface area is 91.9 Å². The van der Waals surface area contributed by atoms with Crippen LogP contribution in [0.15, 0.2) is 18.2 Å². The Hall–Kier alpha value is -1.02. The van der Waals surface area contributed by atoms with Crippen LogP contribution in [-0.2, 0) is 4.74 Å². The Bertz CT molecular complexity index is 346. The van der Waals surface area contributed by atoms with Crippen molar-refractivity contribution < 1.29 is 4.74 Å². The molecule has 1 aromatic carbocycles. The average Bonchev–Trinajstić information content (AvgIpc) is 2.19. The van der Waals surface area contributed by atoms with E-state index < -0.39 is 0 Å². The van der Waals surface area contributed by atoms with E-state index in [0.717, 1.165) is 19.8 Å². The lowest BCUT2D eigenvalue weighted by atomic mass is 10.00. The average molecular weight is 204 g/mol. The molecule has 1 radical (unpaired) electrons. The van der Waals surface area contributed by atoms with Gasteiger partial charge in [0, 0.05) is 12.2 Å². The first kappa shape index (κ1) is 10.5. The van der Waals surface area contributed by atoms with Crippen molar-refractivity contribution >= 4 is 5.69 Å². The van der Waals surface area contributed by atoms with E-state index in [1.807, 2.05) is 12.1 Å². The van der Waals surface area contributed by atoms with Gasteiger partial charge in [-0.1, -0.05) is 12.1 Å². The first-order valence-electron chi connectivity index (χ1n) is 5.44. The molecular weight excluding hydrogens is 186 g/mol. The third kappa shape index (κ3) is 2.00. The summed E-state index contributed by atoms with van der Waals surface area (Å²) < 4.78 is 5.52. The Morgan fingerprint density at radius 1 is 1.47 bits per heavy atom. The Kier molecular flexibility index (Phi) is 2.70. The van der Waals surface area contributed by atoms with Crippen LogP contribution in [0.1, 0.15) is 19.4 Å². The normalized spacial score (nSPS) is 20.3. The highest BCUT2D eigenvalue weighted by atomic mass is 16.5. The highest BCUT2D eigenvalue weighted by molar-refractivity contribution is 5.54. The van der Waals surface area contributed by atoms with Gasteiger partial charge >= 0.3 is 0 Å². The molecule has 0 amide bonds. The molecule has 1 fully saturated rings. The molecule has 0 aromatic heterocycles. The van der Waals surface area contributed by atoms with Crippen LogP contribution in [0.25, 0.3) is 0 Å². The Morgan fingerprint density at radius 3 is 2.93 bits per heavy atom. The van der Waals surface area contributed by atoms with Gasteiger partial charge in [0.2, 0.25) is 0 Å². The van der Waals surface area contributed by atoms with Gasteiger partial charge in [-0.3, -0.25) is 0 Å². The lowest BCUT2D eigenvalue weighted by Gasteiger charge is -2.44. The van der Waals surface area contributed by atoms with E-state index in [1.54, 1.807) is 0 Å². The maximum atomic E-state index is 5.52. The van der Waals surface area contributed by atoms with Crippen molar-refractivity contribution in [2.45, 2.75) is 26.3 Å². The lowest BCUT2D eigenvalue weighted by molar-refractivity contribution is 0.0643. The van der Waals surface area contributed by atoms with Crippen LogP contribution in [0, 0.1) is 13.0 Å². The van der Waals surface area contributed by atoms with E-state index in [2.05, 4.69) is 37.8 Å². The summed E-state index contributed by atoms with van der Waals surface area (Å²) in [5.41, 5.74) is 2.58. The van der Waals surface area contributed by atoms with E-state index >= 15 is 0 Å². The number of aryl methyl sites for hydroxylation is 1. The predicted octanol–water partition coefficient (Wildman–Crippen LogP) is 2.41. The first-order chi connectivity index (χ1) is 7.11. The minimum absolute atomic E-state index is 0.0816. The molecule has 2 rings (SSSR count). The summed E-state index contributed by atoms with van der Waals surface area (Å²) in [4.78, 5) is 2.42. The molecular formula is C13H18NO. The number of benzene rings is 1. The standard InChI is InChI=1S/C13H18NO/c1-11-6-4-5-7-12(11)14-8-9-15-10-13(14,2)3/h4-5,7H,8-10H2,1-3H3. The van der Waals surface area contributed by atoms with Gasteiger partial charge in [-0.15, -0.1) is 0 Å². The van der Waals surface area contributed by atoms with Crippen molar-refractivity contribution in [3.05, 3.63) is 29.8 Å². The minimum Gasteiger partial charge on any atom is -0.377 e. The summed E-state index contributed by atoms with van der Waals surface area (Å²) >= 11 is 0. The molecule has 1 aliphatic rings. The van der Waals surface area contributed by atoms with E-state index in [0.29, 0.717) is 0 Å². The molecule has 1 aliphatic heterocycles. The number of rotatable bonds is 1. The van der Waals surface area contributed by atoms with Gasteiger partial charge in [0.15, 0.2) is 0 Å². The molecule has 81 valence electrons. The summed E-state index contributed by atoms with van der Waals surface area (Å²) in [7, 11) is 0. The van der Waals surface area contributed by atoms with E-state index in [4.69, 9.17) is 4.74 Å². The fraction of sp³-hybridized carbons (Fsp3) is 0.538. The van der Waals surface area contributed by atoms with Crippen molar-refractivity contribution in [3.63, 3.8) is 0 Å². The van der Waals surface area contributed by atoms with Crippen LogP contribution < -0.4 is 4.90 Å². The minimum atomic E-state index is 0.0816. The first-order valence-corrected chi connectivity index (χ1v) is 5.44. The van der Waals surface area contributed by atoms with Gasteiger partial charge < -0.3 is 9.64 Å². The van der Waals surface area contributed by atoms with Crippen LogP contribution in [0.5, 0.6) is 0 Å². The molecule has 0 spiro atoms. The number of nitrogens with zero attached hydrogens (tertiary/aromatic N) is 1. The van der Waals surface area contributed by atoms with Crippen LogP contribution in [0.2, 0.25) is 0 Å². The van der Waals surface area contributed by atoms with Crippen molar-refractivity contribution in [1.29, 1.82) is 0 Å². The van der Waals surface area contributed by atoms with Gasteiger partial charge in [-0.05, 0) is 38.5 Å². The van der Waals surface area contributed by atoms with Crippen LogP contribution in [0.4, 0.5) is 5.69 Å². The second-order valence-corrected chi connectivity index (χ2v) is 4.70. The molecule has 0 N–H and O–H groups in total. The zero-order chi connectivity index (χ0) is 10.9. The summed E-state index contributed by atoms with van der Waals surface area (Å²) in [6.45, 7) is 9.13. The van der Waals surface area contributed by atoms with Gasteiger partial charge in [0.25, 0.3) is 0 Å². The molecule has 0 aliphatic carbocycles. The summed E-state index contributed by atoms with van der Waals surface area (Å²) in [6.07, 6.45) is 0. The summed E-state index contributed by atoms with van der Waals surface area (Å²) in [6, 6.07) is 9.43. The maximum absolute atomic E-state index is 5.52. The van der Waals surface area contributed by atoms with Gasteiger partial charge in [0.05, 0.1) is 18.8 Å². The zero-order valence-corrected chi connectivity index (χ0v) is 9.71. The molecule has 0 unspecified atom stereocenters. The number of morpholine rings is 1. The van der Waals surface area contributed by atoms with Gasteiger partial charge in [-0.25, -0.2) is 0 Å². The third-order valence-electron chi connectivity index (χ3n) is 2.97. The van der Waals surface area contributed by atoms with E-state index in [9.17, 15) is 0 Å². The molecule has 0 atom stereocenters. The predicted molar refractivity (Wildman–Crippen MR) is 62.3 cm³/mol.